The molecule has 0 unspecified atom stereocenters. The van der Waals surface area contributed by atoms with Crippen molar-refractivity contribution in [2.45, 2.75) is 64.0 Å². The van der Waals surface area contributed by atoms with Crippen LogP contribution in [0.4, 0.5) is 0 Å². The molecule has 7 nitrogen and oxygen atoms in total. The Morgan fingerprint density at radius 2 is 2.00 bits per heavy atom. The molecule has 4 rings (SSSR count). The zero-order valence-corrected chi connectivity index (χ0v) is 20.1. The Morgan fingerprint density at radius 3 is 2.70 bits per heavy atom. The van der Waals surface area contributed by atoms with Gasteiger partial charge >= 0.3 is 5.69 Å². The number of hydrogen-bond acceptors (Lipinski definition) is 3. The molecular formula is C22H33IN6O. The fourth-order valence-corrected chi connectivity index (χ4v) is 4.08. The zero-order chi connectivity index (χ0) is 20.1. The third-order valence-corrected chi connectivity index (χ3v) is 5.99. The van der Waals surface area contributed by atoms with Crippen LogP contribution in [-0.4, -0.2) is 39.9 Å². The molecule has 0 spiro atoms. The van der Waals surface area contributed by atoms with E-state index in [2.05, 4.69) is 53.0 Å². The number of nitrogens with zero attached hydrogens (tertiary/aromatic N) is 4. The van der Waals surface area contributed by atoms with Gasteiger partial charge in [-0.3, -0.25) is 9.56 Å². The number of aliphatic imine (C=N–C) groups is 1. The van der Waals surface area contributed by atoms with E-state index in [1.165, 1.54) is 18.4 Å². The molecule has 0 amide bonds. The Hall–Kier alpha value is -1.84. The summed E-state index contributed by atoms with van der Waals surface area (Å²) < 4.78 is 3.46. The summed E-state index contributed by atoms with van der Waals surface area (Å²) in [6.45, 7) is 5.93. The molecule has 0 saturated heterocycles. The molecule has 1 aromatic heterocycles. The maximum atomic E-state index is 12.4. The van der Waals surface area contributed by atoms with Crippen LogP contribution >= 0.6 is 24.0 Å². The summed E-state index contributed by atoms with van der Waals surface area (Å²) in [5.74, 6) is 1.80. The summed E-state index contributed by atoms with van der Waals surface area (Å²) in [5, 5.41) is 11.3. The number of benzene rings is 1. The van der Waals surface area contributed by atoms with Crippen molar-refractivity contribution in [2.75, 3.05) is 19.6 Å². The van der Waals surface area contributed by atoms with E-state index >= 15 is 0 Å². The van der Waals surface area contributed by atoms with Gasteiger partial charge in [0, 0.05) is 38.0 Å². The van der Waals surface area contributed by atoms with Gasteiger partial charge in [-0.25, -0.2) is 9.48 Å². The van der Waals surface area contributed by atoms with Crippen molar-refractivity contribution in [1.82, 2.24) is 25.0 Å². The fourth-order valence-electron chi connectivity index (χ4n) is 4.08. The Balaban J connectivity index is 0.00000256. The molecule has 1 fully saturated rings. The number of nitrogens with one attached hydrogen (secondary N) is 2. The standard InChI is InChI=1S/C22H32N6O.HI/c1-2-23-20(25-17-22(12-13-22)18-9-4-3-5-10-18)24-14-8-16-28-21(29)27-15-7-6-11-19(27)26-28;/h3-5,9-10H,2,6-8,11-17H2,1H3,(H2,23,24,25);1H. The number of aryl methyl sites for hydroxylation is 2. The molecule has 1 aliphatic carbocycles. The van der Waals surface area contributed by atoms with Crippen LogP contribution in [0.1, 0.15) is 50.4 Å². The lowest BCUT2D eigenvalue weighted by atomic mass is 9.96. The van der Waals surface area contributed by atoms with Gasteiger partial charge in [-0.15, -0.1) is 24.0 Å². The minimum absolute atomic E-state index is 0. The van der Waals surface area contributed by atoms with E-state index in [4.69, 9.17) is 4.99 Å². The van der Waals surface area contributed by atoms with E-state index in [1.54, 1.807) is 4.68 Å². The summed E-state index contributed by atoms with van der Waals surface area (Å²) in [6.07, 6.45) is 6.37. The molecule has 30 heavy (non-hydrogen) atoms. The van der Waals surface area contributed by atoms with Crippen molar-refractivity contribution in [1.29, 1.82) is 0 Å². The maximum Gasteiger partial charge on any atom is 0.345 e. The number of halogens is 1. The summed E-state index contributed by atoms with van der Waals surface area (Å²) in [6, 6.07) is 10.7. The Kier molecular flexibility index (Phi) is 7.96. The van der Waals surface area contributed by atoms with Gasteiger partial charge in [-0.05, 0) is 44.6 Å². The molecule has 2 aromatic rings. The van der Waals surface area contributed by atoms with Crippen LogP contribution in [0, 0.1) is 0 Å². The van der Waals surface area contributed by atoms with Crippen LogP contribution < -0.4 is 16.3 Å². The molecular weight excluding hydrogens is 491 g/mol. The van der Waals surface area contributed by atoms with Crippen LogP contribution in [-0.2, 0) is 24.9 Å². The van der Waals surface area contributed by atoms with Crippen LogP contribution in [0.25, 0.3) is 0 Å². The van der Waals surface area contributed by atoms with E-state index in [-0.39, 0.29) is 35.1 Å². The summed E-state index contributed by atoms with van der Waals surface area (Å²) in [5.41, 5.74) is 1.65. The second kappa shape index (κ2) is 10.5. The number of fused-ring (bicyclic) bond motifs is 1. The summed E-state index contributed by atoms with van der Waals surface area (Å²) >= 11 is 0. The third kappa shape index (κ3) is 5.25. The number of hydrogen-bond donors (Lipinski definition) is 2. The average Bonchev–Trinajstić information content (AvgIpc) is 3.49. The normalized spacial score (nSPS) is 17.0. The van der Waals surface area contributed by atoms with Crippen molar-refractivity contribution >= 4 is 29.9 Å². The Labute approximate surface area is 195 Å². The number of rotatable bonds is 8. The molecule has 0 atom stereocenters. The van der Waals surface area contributed by atoms with Gasteiger partial charge in [0.1, 0.15) is 5.82 Å². The van der Waals surface area contributed by atoms with Crippen LogP contribution in [0.2, 0.25) is 0 Å². The van der Waals surface area contributed by atoms with Gasteiger partial charge in [0.2, 0.25) is 0 Å². The lowest BCUT2D eigenvalue weighted by Crippen LogP contribution is -2.39. The first kappa shape index (κ1) is 22.8. The predicted molar refractivity (Wildman–Crippen MR) is 131 cm³/mol. The lowest BCUT2D eigenvalue weighted by molar-refractivity contribution is 0.509. The molecule has 2 aliphatic rings. The average molecular weight is 524 g/mol. The first-order valence-corrected chi connectivity index (χ1v) is 11.0. The monoisotopic (exact) mass is 524 g/mol. The minimum Gasteiger partial charge on any atom is -0.357 e. The predicted octanol–water partition coefficient (Wildman–Crippen LogP) is 2.68. The molecule has 164 valence electrons. The van der Waals surface area contributed by atoms with Crippen LogP contribution in [0.3, 0.4) is 0 Å². The fraction of sp³-hybridized carbons (Fsp3) is 0.591. The van der Waals surface area contributed by atoms with Gasteiger partial charge in [0.25, 0.3) is 0 Å². The van der Waals surface area contributed by atoms with Crippen LogP contribution in [0.15, 0.2) is 40.1 Å². The molecule has 2 N–H and O–H groups in total. The highest BCUT2D eigenvalue weighted by Gasteiger charge is 2.43. The van der Waals surface area contributed by atoms with Crippen molar-refractivity contribution in [3.63, 3.8) is 0 Å². The van der Waals surface area contributed by atoms with Gasteiger partial charge in [-0.2, -0.15) is 5.10 Å². The first-order valence-electron chi connectivity index (χ1n) is 11.0. The van der Waals surface area contributed by atoms with E-state index in [0.717, 1.165) is 63.6 Å². The highest BCUT2D eigenvalue weighted by molar-refractivity contribution is 14.0. The highest BCUT2D eigenvalue weighted by Crippen LogP contribution is 2.48. The van der Waals surface area contributed by atoms with E-state index in [9.17, 15) is 4.79 Å². The molecule has 0 bridgehead atoms. The molecule has 8 heteroatoms. The Bertz CT molecular complexity index is 900. The molecule has 2 heterocycles. The second-order valence-electron chi connectivity index (χ2n) is 8.15. The third-order valence-electron chi connectivity index (χ3n) is 5.99. The maximum absolute atomic E-state index is 12.4. The van der Waals surface area contributed by atoms with Crippen molar-refractivity contribution < 1.29 is 0 Å². The largest absolute Gasteiger partial charge is 0.357 e. The van der Waals surface area contributed by atoms with Gasteiger partial charge < -0.3 is 10.6 Å². The number of guanidine groups is 1. The van der Waals surface area contributed by atoms with E-state index in [1.807, 2.05) is 4.57 Å². The lowest BCUT2D eigenvalue weighted by Gasteiger charge is -2.16. The zero-order valence-electron chi connectivity index (χ0n) is 17.8. The topological polar surface area (TPSA) is 76.2 Å². The Morgan fingerprint density at radius 1 is 1.20 bits per heavy atom. The van der Waals surface area contributed by atoms with E-state index in [0.29, 0.717) is 6.54 Å². The molecule has 1 aromatic carbocycles. The molecule has 1 saturated carbocycles. The SMILES string of the molecule is CCNC(=NCC1(c2ccccc2)CC1)NCCCn1nc2n(c1=O)CCCC2.I. The molecule has 1 aliphatic heterocycles. The van der Waals surface area contributed by atoms with Gasteiger partial charge in [-0.1, -0.05) is 30.3 Å². The summed E-state index contributed by atoms with van der Waals surface area (Å²) in [7, 11) is 0. The van der Waals surface area contributed by atoms with Crippen LogP contribution in [0.5, 0.6) is 0 Å². The van der Waals surface area contributed by atoms with Crippen molar-refractivity contribution in [3.05, 3.63) is 52.2 Å². The quantitative estimate of drug-likeness (QED) is 0.241. The van der Waals surface area contributed by atoms with Crippen molar-refractivity contribution in [3.8, 4) is 0 Å². The minimum atomic E-state index is 0. The van der Waals surface area contributed by atoms with Gasteiger partial charge in [0.05, 0.1) is 6.54 Å². The second-order valence-corrected chi connectivity index (χ2v) is 8.15. The highest BCUT2D eigenvalue weighted by atomic mass is 127. The van der Waals surface area contributed by atoms with Gasteiger partial charge in [0.15, 0.2) is 5.96 Å². The summed E-state index contributed by atoms with van der Waals surface area (Å²) in [4.78, 5) is 17.3. The molecule has 0 radical (unpaired) electrons. The first-order chi connectivity index (χ1) is 14.2. The number of aromatic nitrogens is 3. The van der Waals surface area contributed by atoms with E-state index < -0.39 is 0 Å². The van der Waals surface area contributed by atoms with Crippen molar-refractivity contribution in [2.24, 2.45) is 4.99 Å². The smallest absolute Gasteiger partial charge is 0.345 e.